The summed E-state index contributed by atoms with van der Waals surface area (Å²) in [5.74, 6) is -1.15. The van der Waals surface area contributed by atoms with E-state index in [-0.39, 0.29) is 41.6 Å². The molecule has 1 fully saturated rings. The van der Waals surface area contributed by atoms with Crippen LogP contribution in [0.4, 0.5) is 5.82 Å². The highest BCUT2D eigenvalue weighted by Gasteiger charge is 2.47. The van der Waals surface area contributed by atoms with Crippen molar-refractivity contribution in [3.8, 4) is 0 Å². The molecule has 2 amide bonds. The number of amides is 2. The van der Waals surface area contributed by atoms with Crippen molar-refractivity contribution < 1.29 is 80.5 Å². The lowest BCUT2D eigenvalue weighted by Crippen LogP contribution is -2.46. The van der Waals surface area contributed by atoms with Crippen LogP contribution in [0.5, 0.6) is 0 Å². The number of hydrogen-bond donors (Lipinski definition) is 5. The largest absolute Gasteiger partial charge is 0.790 e. The number of fused-ring (bicyclic) bond motifs is 1. The van der Waals surface area contributed by atoms with E-state index in [1.165, 1.54) is 33.1 Å². The van der Waals surface area contributed by atoms with E-state index in [1.54, 1.807) is 0 Å². The summed E-state index contributed by atoms with van der Waals surface area (Å²) >= 11 is 1.13. The zero-order valence-electron chi connectivity index (χ0n) is 37.7. The summed E-state index contributed by atoms with van der Waals surface area (Å²) in [5.41, 5.74) is 4.09. The summed E-state index contributed by atoms with van der Waals surface area (Å²) in [6.07, 6.45) is 13.8. The van der Waals surface area contributed by atoms with Gasteiger partial charge < -0.3 is 69.0 Å². The number of carbonyl (C=O) groups excluding carboxylic acids is 3. The van der Waals surface area contributed by atoms with E-state index in [2.05, 4.69) is 74.7 Å². The van der Waals surface area contributed by atoms with Crippen LogP contribution in [0.25, 0.3) is 11.2 Å². The minimum absolute atomic E-state index is 0.0196. The van der Waals surface area contributed by atoms with Crippen molar-refractivity contribution in [2.24, 2.45) is 5.41 Å². The lowest BCUT2D eigenvalue weighted by molar-refractivity contribution is -0.347. The fraction of sp³-hybridized carbons (Fsp3) is 0.692. The molecule has 7 atom stereocenters. The van der Waals surface area contributed by atoms with Gasteiger partial charge in [0.05, 0.1) is 27.4 Å². The number of carbonyl (C=O) groups is 3. The van der Waals surface area contributed by atoms with Crippen LogP contribution in [0.15, 0.2) is 37.0 Å². The number of ether oxygens (including phenoxy) is 1. The molecule has 380 valence electrons. The molecule has 2 aromatic rings. The number of nitrogens with two attached hydrogens (primary N) is 1. The van der Waals surface area contributed by atoms with Crippen LogP contribution in [0, 0.1) is 5.41 Å². The average Bonchev–Trinajstić information content (AvgIpc) is 3.81. The molecule has 67 heavy (non-hydrogen) atoms. The normalized spacial score (nSPS) is 20.3. The number of imidazole rings is 1. The van der Waals surface area contributed by atoms with E-state index >= 15 is 0 Å². The zero-order valence-corrected chi connectivity index (χ0v) is 41.2. The highest BCUT2D eigenvalue weighted by molar-refractivity contribution is 8.13. The third kappa shape index (κ3) is 21.7. The molecule has 0 aliphatic carbocycles. The minimum Gasteiger partial charge on any atom is -0.790 e. The second-order valence-corrected chi connectivity index (χ2v) is 21.4. The maximum absolute atomic E-state index is 12.6. The number of nitrogens with one attached hydrogen (secondary N) is 2. The first-order valence-corrected chi connectivity index (χ1v) is 27.2. The van der Waals surface area contributed by atoms with Crippen molar-refractivity contribution in [1.29, 1.82) is 0 Å². The van der Waals surface area contributed by atoms with Gasteiger partial charge in [-0.2, -0.15) is 0 Å². The van der Waals surface area contributed by atoms with E-state index in [1.807, 2.05) is 0 Å². The molecule has 1 aliphatic heterocycles. The first-order chi connectivity index (χ1) is 31.6. The molecule has 1 aliphatic rings. The number of aliphatic hydroxyl groups is 2. The smallest absolute Gasteiger partial charge is 0.274 e. The molecule has 28 heteroatoms. The number of rotatable bonds is 33. The predicted molar refractivity (Wildman–Crippen MR) is 238 cm³/mol. The Balaban J connectivity index is 1.31. The summed E-state index contributed by atoms with van der Waals surface area (Å²) in [6, 6.07) is 0. The van der Waals surface area contributed by atoms with Crippen LogP contribution in [0.1, 0.15) is 110 Å². The van der Waals surface area contributed by atoms with Crippen LogP contribution in [0.3, 0.4) is 0 Å². The SMILES string of the molecule is CCCCC/C=C\C/C=C\CCCCCCCC(=O)SCCNC(=O)CCNC(=O)[C@H](O)C(C)(C)COP(=O)([O-])OP(=O)([O-])OC[C@H]1O[C@@H](n2cnc3c(N)ncnc32)[C@H](O)[C@@H]1OP(=O)([O-])[O-]. The van der Waals surface area contributed by atoms with Crippen LogP contribution < -0.4 is 35.9 Å². The average molecular weight is 1030 g/mol. The first-order valence-electron chi connectivity index (χ1n) is 21.8. The molecule has 0 bridgehead atoms. The van der Waals surface area contributed by atoms with E-state index in [4.69, 9.17) is 10.5 Å². The Labute approximate surface area is 393 Å². The number of allylic oxidation sites excluding steroid dienone is 4. The van der Waals surface area contributed by atoms with Gasteiger partial charge in [0.25, 0.3) is 15.6 Å². The number of phosphoric ester groups is 3. The van der Waals surface area contributed by atoms with Crippen molar-refractivity contribution >= 4 is 69.1 Å². The molecule has 2 unspecified atom stereocenters. The molecule has 0 spiro atoms. The number of aromatic nitrogens is 4. The molecular weight excluding hydrogens is 963 g/mol. The summed E-state index contributed by atoms with van der Waals surface area (Å²) in [7, 11) is -17.6. The van der Waals surface area contributed by atoms with Gasteiger partial charge >= 0.3 is 0 Å². The maximum Gasteiger partial charge on any atom is 0.274 e. The van der Waals surface area contributed by atoms with Crippen molar-refractivity contribution in [2.75, 3.05) is 37.8 Å². The summed E-state index contributed by atoms with van der Waals surface area (Å²) in [6.45, 7) is 2.36. The Morgan fingerprint density at radius 3 is 2.27 bits per heavy atom. The van der Waals surface area contributed by atoms with Gasteiger partial charge in [0.15, 0.2) is 22.8 Å². The van der Waals surface area contributed by atoms with Gasteiger partial charge in [-0.3, -0.25) is 28.1 Å². The minimum atomic E-state index is -5.92. The highest BCUT2D eigenvalue weighted by atomic mass is 32.2. The van der Waals surface area contributed by atoms with Gasteiger partial charge in [0.2, 0.25) is 11.8 Å². The molecule has 2 aromatic heterocycles. The topological polar surface area (TPSA) is 375 Å². The van der Waals surface area contributed by atoms with E-state index in [0.29, 0.717) is 12.2 Å². The molecule has 3 rings (SSSR count). The number of hydrogen-bond acceptors (Lipinski definition) is 22. The first kappa shape index (κ1) is 58.4. The molecular formula is C39H62N7O17P3S-4. The quantitative estimate of drug-likeness (QED) is 0.0387. The van der Waals surface area contributed by atoms with Gasteiger partial charge in [-0.25, -0.2) is 19.3 Å². The molecule has 1 saturated heterocycles. The van der Waals surface area contributed by atoms with Gasteiger partial charge in [-0.05, 0) is 38.5 Å². The number of nitrogen functional groups attached to an aromatic ring is 1. The molecule has 0 saturated carbocycles. The van der Waals surface area contributed by atoms with Gasteiger partial charge in [-0.1, -0.05) is 88.9 Å². The predicted octanol–water partition coefficient (Wildman–Crippen LogP) is 1.95. The number of unbranched alkanes of at least 4 members (excludes halogenated alkanes) is 8. The molecule has 0 radical (unpaired) electrons. The van der Waals surface area contributed by atoms with Crippen molar-refractivity contribution in [3.05, 3.63) is 37.0 Å². The third-order valence-corrected chi connectivity index (χ3v) is 14.0. The Morgan fingerprint density at radius 2 is 1.58 bits per heavy atom. The summed E-state index contributed by atoms with van der Waals surface area (Å²) in [4.78, 5) is 96.8. The van der Waals surface area contributed by atoms with Gasteiger partial charge in [0.1, 0.15) is 36.3 Å². The number of thioether (sulfide) groups is 1. The maximum atomic E-state index is 12.6. The third-order valence-electron chi connectivity index (χ3n) is 10.1. The van der Waals surface area contributed by atoms with Crippen molar-refractivity contribution in [1.82, 2.24) is 30.2 Å². The summed E-state index contributed by atoms with van der Waals surface area (Å²) in [5, 5.41) is 26.5. The number of phosphoric acid groups is 3. The van der Waals surface area contributed by atoms with Crippen LogP contribution in [-0.2, 0) is 50.7 Å². The zero-order chi connectivity index (χ0) is 49.7. The van der Waals surface area contributed by atoms with Crippen LogP contribution in [-0.4, -0.2) is 103 Å². The summed E-state index contributed by atoms with van der Waals surface area (Å²) < 4.78 is 60.8. The number of aliphatic hydroxyl groups excluding tert-OH is 2. The van der Waals surface area contributed by atoms with E-state index in [9.17, 15) is 57.9 Å². The molecule has 6 N–H and O–H groups in total. The van der Waals surface area contributed by atoms with Crippen molar-refractivity contribution in [3.63, 3.8) is 0 Å². The second-order valence-electron chi connectivity index (χ2n) is 16.2. The fourth-order valence-corrected chi connectivity index (χ4v) is 9.88. The Hall–Kier alpha value is -2.96. The standard InChI is InChI=1S/C39H66N7O17P3S/c1-4-5-6-7-8-9-10-11-12-13-14-15-16-17-18-19-30(48)67-23-22-41-29(47)20-21-42-37(51)34(50)39(2,3)25-60-66(57,58)63-65(55,56)59-24-28-33(62-64(52,53)54)32(49)38(61-28)46-27-45-31-35(40)43-26-44-36(31)46/h8-9,11-12,26-28,32-34,38,49-50H,4-7,10,13-25H2,1-3H3,(H,41,47)(H,42,51)(H,55,56)(H,57,58)(H2,40,43,44)(H2,52,53,54)/p-4/b9-8-,12-11-/t28-,32-,33-,34+,38-/m1/s1. The lowest BCUT2D eigenvalue weighted by Gasteiger charge is -2.36. The van der Waals surface area contributed by atoms with Crippen molar-refractivity contribution in [2.45, 2.75) is 135 Å². The Kier molecular flexibility index (Phi) is 24.9. The van der Waals surface area contributed by atoms with Gasteiger partial charge in [0, 0.05) is 37.1 Å². The lowest BCUT2D eigenvalue weighted by atomic mass is 9.87. The Bertz CT molecular complexity index is 2090. The monoisotopic (exact) mass is 1030 g/mol. The Morgan fingerprint density at radius 1 is 0.925 bits per heavy atom. The second kappa shape index (κ2) is 28.6. The number of nitrogens with zero attached hydrogens (tertiary/aromatic N) is 4. The van der Waals surface area contributed by atoms with Crippen LogP contribution in [0.2, 0.25) is 0 Å². The molecule has 3 heterocycles. The van der Waals surface area contributed by atoms with Crippen LogP contribution >= 0.6 is 35.2 Å². The highest BCUT2D eigenvalue weighted by Crippen LogP contribution is 2.56. The van der Waals surface area contributed by atoms with E-state index in [0.717, 1.165) is 80.4 Å². The molecule has 0 aromatic carbocycles. The fourth-order valence-electron chi connectivity index (χ4n) is 6.43. The van der Waals surface area contributed by atoms with Gasteiger partial charge in [-0.15, -0.1) is 0 Å². The van der Waals surface area contributed by atoms with E-state index < -0.39 is 84.6 Å². The molecule has 24 nitrogen and oxygen atoms in total. The number of anilines is 1.